The van der Waals surface area contributed by atoms with Crippen LogP contribution >= 0.6 is 0 Å². The van der Waals surface area contributed by atoms with Crippen LogP contribution in [-0.2, 0) is 6.54 Å². The van der Waals surface area contributed by atoms with Gasteiger partial charge in [-0.25, -0.2) is 9.78 Å². The molecule has 3 rings (SSSR count). The molecule has 0 spiro atoms. The van der Waals surface area contributed by atoms with Crippen LogP contribution in [0, 0.1) is 5.92 Å². The summed E-state index contributed by atoms with van der Waals surface area (Å²) in [5.74, 6) is 0.671. The molecule has 78 valence electrons. The van der Waals surface area contributed by atoms with E-state index in [1.165, 1.54) is 12.8 Å². The van der Waals surface area contributed by atoms with Crippen molar-refractivity contribution >= 4 is 11.2 Å². The van der Waals surface area contributed by atoms with Gasteiger partial charge in [-0.05, 0) is 18.8 Å². The molecule has 15 heavy (non-hydrogen) atoms. The van der Waals surface area contributed by atoms with Crippen LogP contribution in [0.15, 0.2) is 15.9 Å². The van der Waals surface area contributed by atoms with Crippen molar-refractivity contribution < 1.29 is 0 Å². The Kier molecular flexibility index (Phi) is 1.59. The number of rotatable bonds is 2. The number of fused-ring (bicyclic) bond motifs is 1. The molecule has 0 atom stereocenters. The first kappa shape index (κ1) is 8.46. The Bertz CT molecular complexity index is 617. The first-order valence-electron chi connectivity index (χ1n) is 4.91. The van der Waals surface area contributed by atoms with Gasteiger partial charge in [0.15, 0.2) is 5.52 Å². The predicted molar refractivity (Wildman–Crippen MR) is 53.7 cm³/mol. The van der Waals surface area contributed by atoms with Crippen LogP contribution in [0.4, 0.5) is 0 Å². The maximum atomic E-state index is 11.4. The van der Waals surface area contributed by atoms with E-state index < -0.39 is 11.2 Å². The third kappa shape index (κ3) is 1.38. The fourth-order valence-corrected chi connectivity index (χ4v) is 1.70. The summed E-state index contributed by atoms with van der Waals surface area (Å²) in [5.41, 5.74) is -0.0840. The lowest BCUT2D eigenvalue weighted by Crippen LogP contribution is -2.22. The lowest BCUT2D eigenvalue weighted by molar-refractivity contribution is 0.637. The summed E-state index contributed by atoms with van der Waals surface area (Å²) in [5, 5.41) is 0. The van der Waals surface area contributed by atoms with E-state index in [1.807, 2.05) is 4.57 Å². The zero-order valence-corrected chi connectivity index (χ0v) is 7.99. The van der Waals surface area contributed by atoms with Crippen LogP contribution < -0.4 is 11.2 Å². The van der Waals surface area contributed by atoms with E-state index in [9.17, 15) is 9.59 Å². The molecule has 0 aromatic carbocycles. The van der Waals surface area contributed by atoms with E-state index in [-0.39, 0.29) is 0 Å². The maximum Gasteiger partial charge on any atom is 0.327 e. The molecule has 0 radical (unpaired) electrons. The SMILES string of the molecule is O=c1[nH]c(=O)c2ncn(CC3CC3)c2[nH]1. The van der Waals surface area contributed by atoms with E-state index >= 15 is 0 Å². The molecule has 0 bridgehead atoms. The summed E-state index contributed by atoms with van der Waals surface area (Å²) in [7, 11) is 0. The van der Waals surface area contributed by atoms with Gasteiger partial charge in [-0.1, -0.05) is 0 Å². The highest BCUT2D eigenvalue weighted by Gasteiger charge is 2.22. The number of imidazole rings is 1. The normalized spacial score (nSPS) is 16.0. The molecular formula is C9H10N4O2. The van der Waals surface area contributed by atoms with Gasteiger partial charge in [0.1, 0.15) is 5.65 Å². The number of aromatic nitrogens is 4. The number of hydrogen-bond donors (Lipinski definition) is 2. The molecule has 1 saturated carbocycles. The van der Waals surface area contributed by atoms with Gasteiger partial charge in [0.05, 0.1) is 6.33 Å². The van der Waals surface area contributed by atoms with E-state index in [0.717, 1.165) is 6.54 Å². The second-order valence-corrected chi connectivity index (χ2v) is 3.95. The van der Waals surface area contributed by atoms with Crippen LogP contribution in [0.25, 0.3) is 11.2 Å². The molecule has 1 aliphatic rings. The van der Waals surface area contributed by atoms with E-state index in [4.69, 9.17) is 0 Å². The van der Waals surface area contributed by atoms with Gasteiger partial charge in [0.25, 0.3) is 5.56 Å². The monoisotopic (exact) mass is 206 g/mol. The van der Waals surface area contributed by atoms with Crippen molar-refractivity contribution in [2.75, 3.05) is 0 Å². The Balaban J connectivity index is 2.22. The highest BCUT2D eigenvalue weighted by Crippen LogP contribution is 2.30. The minimum absolute atomic E-state index is 0.301. The predicted octanol–water partition coefficient (Wildman–Crippen LogP) is -0.177. The summed E-state index contributed by atoms with van der Waals surface area (Å²) < 4.78 is 1.84. The van der Waals surface area contributed by atoms with Gasteiger partial charge in [-0.3, -0.25) is 14.8 Å². The first-order chi connectivity index (χ1) is 7.24. The maximum absolute atomic E-state index is 11.4. The summed E-state index contributed by atoms with van der Waals surface area (Å²) in [6.45, 7) is 0.829. The summed E-state index contributed by atoms with van der Waals surface area (Å²) >= 11 is 0. The zero-order chi connectivity index (χ0) is 10.4. The van der Waals surface area contributed by atoms with Crippen molar-refractivity contribution in [3.8, 4) is 0 Å². The van der Waals surface area contributed by atoms with Crippen LogP contribution in [0.2, 0.25) is 0 Å². The van der Waals surface area contributed by atoms with Crippen molar-refractivity contribution in [2.45, 2.75) is 19.4 Å². The zero-order valence-electron chi connectivity index (χ0n) is 7.99. The quantitative estimate of drug-likeness (QED) is 0.715. The molecule has 1 fully saturated rings. The van der Waals surface area contributed by atoms with E-state index in [1.54, 1.807) is 6.33 Å². The second-order valence-electron chi connectivity index (χ2n) is 3.95. The van der Waals surface area contributed by atoms with Crippen molar-refractivity contribution in [3.63, 3.8) is 0 Å². The minimum atomic E-state index is -0.481. The molecule has 6 heteroatoms. The Morgan fingerprint density at radius 3 is 2.93 bits per heavy atom. The smallest absolute Gasteiger partial charge is 0.316 e. The molecular weight excluding hydrogens is 196 g/mol. The number of hydrogen-bond acceptors (Lipinski definition) is 3. The molecule has 0 aliphatic heterocycles. The summed E-state index contributed by atoms with van der Waals surface area (Å²) in [6.07, 6.45) is 4.04. The Morgan fingerprint density at radius 1 is 1.40 bits per heavy atom. The lowest BCUT2D eigenvalue weighted by Gasteiger charge is -2.00. The molecule has 2 aromatic heterocycles. The Hall–Kier alpha value is -1.85. The highest BCUT2D eigenvalue weighted by molar-refractivity contribution is 5.68. The van der Waals surface area contributed by atoms with Gasteiger partial charge in [0, 0.05) is 6.54 Å². The number of nitrogens with one attached hydrogen (secondary N) is 2. The van der Waals surface area contributed by atoms with E-state index in [0.29, 0.717) is 17.1 Å². The van der Waals surface area contributed by atoms with Crippen molar-refractivity contribution in [1.29, 1.82) is 0 Å². The number of nitrogens with zero attached hydrogens (tertiary/aromatic N) is 2. The average Bonchev–Trinajstić information content (AvgIpc) is 2.89. The largest absolute Gasteiger partial charge is 0.327 e. The van der Waals surface area contributed by atoms with Gasteiger partial charge < -0.3 is 4.57 Å². The van der Waals surface area contributed by atoms with Gasteiger partial charge >= 0.3 is 5.69 Å². The molecule has 2 aromatic rings. The number of H-pyrrole nitrogens is 2. The lowest BCUT2D eigenvalue weighted by atomic mass is 10.4. The molecule has 2 heterocycles. The molecule has 6 nitrogen and oxygen atoms in total. The van der Waals surface area contributed by atoms with Gasteiger partial charge in [-0.15, -0.1) is 0 Å². The van der Waals surface area contributed by atoms with Crippen molar-refractivity contribution in [3.05, 3.63) is 27.2 Å². The third-order valence-electron chi connectivity index (χ3n) is 2.66. The van der Waals surface area contributed by atoms with Crippen molar-refractivity contribution in [2.24, 2.45) is 5.92 Å². The topological polar surface area (TPSA) is 83.5 Å². The first-order valence-corrected chi connectivity index (χ1v) is 4.91. The minimum Gasteiger partial charge on any atom is -0.316 e. The summed E-state index contributed by atoms with van der Waals surface area (Å²) in [4.78, 5) is 31.2. The van der Waals surface area contributed by atoms with Crippen molar-refractivity contribution in [1.82, 2.24) is 19.5 Å². The standard InChI is InChI=1S/C9H10N4O2/c14-8-6-7(11-9(15)12-8)13(4-10-6)3-5-1-2-5/h4-5H,1-3H2,(H2,11,12,14,15). The second kappa shape index (κ2) is 2.82. The van der Waals surface area contributed by atoms with Crippen LogP contribution in [-0.4, -0.2) is 19.5 Å². The molecule has 1 aliphatic carbocycles. The van der Waals surface area contributed by atoms with Crippen LogP contribution in [0.5, 0.6) is 0 Å². The summed E-state index contributed by atoms with van der Waals surface area (Å²) in [6, 6.07) is 0. The third-order valence-corrected chi connectivity index (χ3v) is 2.66. The van der Waals surface area contributed by atoms with Crippen LogP contribution in [0.3, 0.4) is 0 Å². The van der Waals surface area contributed by atoms with E-state index in [2.05, 4.69) is 15.0 Å². The Labute approximate surface area is 84.0 Å². The fourth-order valence-electron chi connectivity index (χ4n) is 1.70. The number of aromatic amines is 2. The Morgan fingerprint density at radius 2 is 2.20 bits per heavy atom. The molecule has 0 unspecified atom stereocenters. The van der Waals surface area contributed by atoms with Crippen LogP contribution in [0.1, 0.15) is 12.8 Å². The average molecular weight is 206 g/mol. The fraction of sp³-hybridized carbons (Fsp3) is 0.444. The molecule has 0 amide bonds. The van der Waals surface area contributed by atoms with Gasteiger partial charge in [-0.2, -0.15) is 0 Å². The highest BCUT2D eigenvalue weighted by atomic mass is 16.2. The molecule has 2 N–H and O–H groups in total. The van der Waals surface area contributed by atoms with Gasteiger partial charge in [0.2, 0.25) is 0 Å². The molecule has 0 saturated heterocycles.